The number of ether oxygens (including phenoxy) is 2. The van der Waals surface area contributed by atoms with Gasteiger partial charge in [-0.2, -0.15) is 0 Å². The largest absolute Gasteiger partial charge is 0.508 e. The molecule has 0 aromatic heterocycles. The van der Waals surface area contributed by atoms with Gasteiger partial charge in [0.2, 0.25) is 0 Å². The van der Waals surface area contributed by atoms with Crippen LogP contribution in [0, 0.1) is 11.6 Å². The number of carboxylic acids is 1. The van der Waals surface area contributed by atoms with E-state index in [1.54, 1.807) is 66.6 Å². The molecule has 2 N–H and O–H groups in total. The molecule has 8 rings (SSSR count). The number of aromatic hydroxyl groups is 1. The number of fused-ring (bicyclic) bond motifs is 2. The van der Waals surface area contributed by atoms with E-state index in [1.807, 2.05) is 24.3 Å². The Balaban J connectivity index is 0.000000190. The number of rotatable bonds is 13. The molecule has 0 aliphatic heterocycles. The van der Waals surface area contributed by atoms with Gasteiger partial charge in [-0.1, -0.05) is 156 Å². The van der Waals surface area contributed by atoms with Crippen LogP contribution in [-0.2, 0) is 47.9 Å². The molecule has 376 valence electrons. The summed E-state index contributed by atoms with van der Waals surface area (Å²) in [4.78, 5) is 23.2. The molecule has 0 saturated carbocycles. The average Bonchev–Trinajstić information content (AvgIpc) is 3.34. The maximum Gasteiger partial charge on any atom is 0.306 e. The number of hydrogen-bond acceptors (Lipinski definition) is 5. The van der Waals surface area contributed by atoms with Gasteiger partial charge in [0.25, 0.3) is 0 Å². The van der Waals surface area contributed by atoms with E-state index in [1.165, 1.54) is 66.6 Å². The van der Waals surface area contributed by atoms with Crippen LogP contribution < -0.4 is 4.74 Å². The maximum atomic E-state index is 13.3. The van der Waals surface area contributed by atoms with Crippen LogP contribution in [0.15, 0.2) is 133 Å². The summed E-state index contributed by atoms with van der Waals surface area (Å²) in [5, 5.41) is 19.7. The van der Waals surface area contributed by atoms with E-state index in [0.717, 1.165) is 38.9 Å². The minimum absolute atomic E-state index is 0.0624. The highest BCUT2D eigenvalue weighted by Crippen LogP contribution is 2.47. The van der Waals surface area contributed by atoms with E-state index in [2.05, 4.69) is 108 Å². The van der Waals surface area contributed by atoms with E-state index >= 15 is 0 Å². The Hall–Kier alpha value is -5.80. The fourth-order valence-electron chi connectivity index (χ4n) is 9.92. The van der Waals surface area contributed by atoms with Crippen LogP contribution in [-0.4, -0.2) is 28.8 Å². The number of halogens is 3. The van der Waals surface area contributed by atoms with E-state index in [0.29, 0.717) is 24.0 Å². The molecule has 0 heterocycles. The number of phenolic OH excluding ortho intramolecular Hbond substituents is 1. The van der Waals surface area contributed by atoms with Crippen molar-refractivity contribution in [3.8, 4) is 11.5 Å². The fraction of sp³-hybridized carbons (Fsp3) is 0.387. The summed E-state index contributed by atoms with van der Waals surface area (Å²) < 4.78 is 37.5. The number of carboxylic acid groups (broad SMARTS) is 1. The van der Waals surface area contributed by atoms with E-state index < -0.39 is 5.97 Å². The first kappa shape index (κ1) is 54.5. The highest BCUT2D eigenvalue weighted by molar-refractivity contribution is 9.08. The molecule has 2 aliphatic rings. The third-order valence-electron chi connectivity index (χ3n) is 14.6. The zero-order valence-corrected chi connectivity index (χ0v) is 44.5. The molecule has 0 bridgehead atoms. The van der Waals surface area contributed by atoms with Crippen molar-refractivity contribution in [1.29, 1.82) is 0 Å². The van der Waals surface area contributed by atoms with Crippen LogP contribution in [0.1, 0.15) is 168 Å². The monoisotopic (exact) mass is 1030 g/mol. The second kappa shape index (κ2) is 23.2. The molecule has 0 spiro atoms. The number of hydrogen-bond donors (Lipinski definition) is 2. The Morgan fingerprint density at radius 2 is 0.930 bits per heavy atom. The molecular weight excluding hydrogens is 959 g/mol. The standard InChI is InChI=1S/C30H33FO3.C17H17FO3.C15H21Br/c1-29(2)15-16-30(3,4)27-17-20(5-14-26(27)29)19-34-24-12-8-22(9-13-24)25(18-28(32)33)21-6-10-23(31)11-7-21;1-2-21-17(20)11-16(12-3-7-14(18)8-4-12)13-5-9-15(19)10-6-13;1-14(2)7-8-15(3,4)13-9-11(10-16)5-6-12(13)14/h5-14,17,25H,15-16,18-19H2,1-4H3,(H,32,33);3-10,16,19H,2,11H2,1H3;5-6,9H,7-8,10H2,1-4H3/t25-;16-;/m00./s1. The van der Waals surface area contributed by atoms with Crippen LogP contribution in [0.3, 0.4) is 0 Å². The van der Waals surface area contributed by atoms with E-state index in [9.17, 15) is 28.6 Å². The maximum absolute atomic E-state index is 13.3. The van der Waals surface area contributed by atoms with Crippen molar-refractivity contribution in [3.05, 3.63) is 201 Å². The van der Waals surface area contributed by atoms with Crippen molar-refractivity contribution < 1.29 is 38.1 Å². The molecule has 6 aromatic rings. The Bertz CT molecular complexity index is 2680. The summed E-state index contributed by atoms with van der Waals surface area (Å²) in [7, 11) is 0. The number of benzene rings is 6. The van der Waals surface area contributed by atoms with E-state index in [4.69, 9.17) is 9.47 Å². The Morgan fingerprint density at radius 1 is 0.549 bits per heavy atom. The average molecular weight is 1030 g/mol. The van der Waals surface area contributed by atoms with Gasteiger partial charge in [-0.15, -0.1) is 0 Å². The third kappa shape index (κ3) is 14.2. The number of carbonyl (C=O) groups excluding carboxylic acids is 1. The highest BCUT2D eigenvalue weighted by atomic mass is 79.9. The molecule has 0 saturated heterocycles. The molecule has 0 fully saturated rings. The molecule has 0 amide bonds. The topological polar surface area (TPSA) is 93.1 Å². The Morgan fingerprint density at radius 3 is 1.35 bits per heavy atom. The van der Waals surface area contributed by atoms with Crippen molar-refractivity contribution in [2.24, 2.45) is 0 Å². The zero-order valence-electron chi connectivity index (χ0n) is 42.9. The molecule has 71 heavy (non-hydrogen) atoms. The minimum Gasteiger partial charge on any atom is -0.508 e. The molecule has 0 radical (unpaired) electrons. The summed E-state index contributed by atoms with van der Waals surface area (Å²) in [5.74, 6) is -1.55. The molecule has 2 aliphatic carbocycles. The van der Waals surface area contributed by atoms with Gasteiger partial charge in [-0.25, -0.2) is 8.78 Å². The summed E-state index contributed by atoms with van der Waals surface area (Å²) in [6, 6.07) is 40.0. The van der Waals surface area contributed by atoms with Crippen LogP contribution in [0.2, 0.25) is 0 Å². The fourth-order valence-corrected chi connectivity index (χ4v) is 10.3. The SMILES string of the molecule is CC1(C)CCC(C)(C)c2cc(CBr)ccc21.CC1(C)CCC(C)(C)c2cc(COc3ccc([C@@H](CC(=O)O)c4ccc(F)cc4)cc3)ccc21.CCOC(=O)C[C@H](c1ccc(O)cc1)c1ccc(F)cc1. The lowest BCUT2D eigenvalue weighted by Crippen LogP contribution is -2.33. The molecule has 6 aromatic carbocycles. The van der Waals surface area contributed by atoms with E-state index in [-0.39, 0.29) is 58.9 Å². The first-order valence-electron chi connectivity index (χ1n) is 24.8. The van der Waals surface area contributed by atoms with Gasteiger partial charge in [0.05, 0.1) is 19.4 Å². The smallest absolute Gasteiger partial charge is 0.306 e. The van der Waals surface area contributed by atoms with Crippen LogP contribution in [0.5, 0.6) is 11.5 Å². The molecule has 9 heteroatoms. The van der Waals surface area contributed by atoms with Crippen molar-refractivity contribution in [2.75, 3.05) is 6.61 Å². The number of esters is 1. The van der Waals surface area contributed by atoms with Crippen LogP contribution in [0.4, 0.5) is 8.78 Å². The molecular formula is C62H71BrF2O6. The van der Waals surface area contributed by atoms with Gasteiger partial charge in [-0.3, -0.25) is 9.59 Å². The highest BCUT2D eigenvalue weighted by Gasteiger charge is 2.38. The number of alkyl halides is 1. The second-order valence-electron chi connectivity index (χ2n) is 21.7. The predicted octanol–water partition coefficient (Wildman–Crippen LogP) is 15.9. The zero-order chi connectivity index (χ0) is 51.7. The summed E-state index contributed by atoms with van der Waals surface area (Å²) in [6.45, 7) is 21.3. The van der Waals surface area contributed by atoms with Crippen molar-refractivity contribution in [2.45, 2.75) is 146 Å². The van der Waals surface area contributed by atoms with Crippen LogP contribution in [0.25, 0.3) is 0 Å². The van der Waals surface area contributed by atoms with Gasteiger partial charge in [0, 0.05) is 17.2 Å². The summed E-state index contributed by atoms with van der Waals surface area (Å²) in [5.41, 5.74) is 12.8. The van der Waals surface area contributed by atoms with Gasteiger partial charge < -0.3 is 19.7 Å². The lowest BCUT2D eigenvalue weighted by atomic mass is 9.63. The predicted molar refractivity (Wildman–Crippen MR) is 285 cm³/mol. The number of phenols is 1. The first-order chi connectivity index (χ1) is 33.5. The quantitative estimate of drug-likeness (QED) is 0.0884. The number of aliphatic carboxylic acids is 1. The lowest BCUT2D eigenvalue weighted by molar-refractivity contribution is -0.143. The number of carbonyl (C=O) groups is 2. The second-order valence-corrected chi connectivity index (χ2v) is 22.3. The van der Waals surface area contributed by atoms with Crippen molar-refractivity contribution in [3.63, 3.8) is 0 Å². The van der Waals surface area contributed by atoms with Gasteiger partial charge in [-0.05, 0) is 158 Å². The van der Waals surface area contributed by atoms with Gasteiger partial charge in [0.1, 0.15) is 29.7 Å². The molecule has 0 unspecified atom stereocenters. The normalized spacial score (nSPS) is 16.5. The Labute approximate surface area is 429 Å². The Kier molecular flexibility index (Phi) is 17.8. The van der Waals surface area contributed by atoms with Crippen molar-refractivity contribution >= 4 is 27.9 Å². The molecule has 6 nitrogen and oxygen atoms in total. The van der Waals surface area contributed by atoms with Crippen molar-refractivity contribution in [1.82, 2.24) is 0 Å². The van der Waals surface area contributed by atoms with Crippen LogP contribution >= 0.6 is 15.9 Å². The summed E-state index contributed by atoms with van der Waals surface area (Å²) >= 11 is 3.55. The third-order valence-corrected chi connectivity index (χ3v) is 15.2. The molecule has 2 atom stereocenters. The van der Waals surface area contributed by atoms with Gasteiger partial charge >= 0.3 is 11.9 Å². The summed E-state index contributed by atoms with van der Waals surface area (Å²) in [6.07, 6.45) is 5.05. The van der Waals surface area contributed by atoms with Gasteiger partial charge in [0.15, 0.2) is 0 Å². The minimum atomic E-state index is -0.895. The lowest BCUT2D eigenvalue weighted by Gasteiger charge is -2.42. The first-order valence-corrected chi connectivity index (χ1v) is 25.9.